The Bertz CT molecular complexity index is 1230. The van der Waals surface area contributed by atoms with Crippen LogP contribution in [0.15, 0.2) is 35.5 Å². The van der Waals surface area contributed by atoms with E-state index in [0.29, 0.717) is 34.9 Å². The zero-order chi connectivity index (χ0) is 21.6. The molecule has 0 aliphatic heterocycles. The minimum Gasteiger partial charge on any atom is -0.326 e. The first-order valence-electron chi connectivity index (χ1n) is 8.36. The molecule has 152 valence electrons. The molecule has 0 bridgehead atoms. The Hall–Kier alpha value is -2.97. The number of hydrogen-bond donors (Lipinski definition) is 1. The number of aromatic nitrogens is 3. The van der Waals surface area contributed by atoms with Crippen molar-refractivity contribution in [2.45, 2.75) is 31.0 Å². The summed E-state index contributed by atoms with van der Waals surface area (Å²) in [7, 11) is -2.72. The molecule has 1 unspecified atom stereocenters. The fourth-order valence-corrected chi connectivity index (χ4v) is 4.05. The Kier molecular flexibility index (Phi) is 5.10. The predicted molar refractivity (Wildman–Crippen MR) is 99.2 cm³/mol. The van der Waals surface area contributed by atoms with Gasteiger partial charge < -0.3 is 4.57 Å². The molecule has 0 aliphatic carbocycles. The lowest BCUT2D eigenvalue weighted by molar-refractivity contribution is -0.147. The normalized spacial score (nSPS) is 13.4. The molecule has 7 nitrogen and oxygen atoms in total. The number of nitriles is 1. The number of nitrogens with one attached hydrogen (secondary N) is 1. The van der Waals surface area contributed by atoms with Gasteiger partial charge in [-0.3, -0.25) is 4.98 Å². The molecule has 3 aromatic heterocycles. The number of aryl methyl sites for hydroxylation is 2. The van der Waals surface area contributed by atoms with Crippen LogP contribution in [0.2, 0.25) is 0 Å². The number of halogens is 3. The molecule has 0 spiro atoms. The van der Waals surface area contributed by atoms with Crippen LogP contribution in [-0.2, 0) is 17.1 Å². The molecule has 0 fully saturated rings. The minimum absolute atomic E-state index is 0.294. The molecule has 3 aromatic rings. The Morgan fingerprint density at radius 2 is 1.93 bits per heavy atom. The maximum atomic E-state index is 12.7. The van der Waals surface area contributed by atoms with Gasteiger partial charge in [0, 0.05) is 24.8 Å². The maximum Gasteiger partial charge on any atom is 0.404 e. The molecular weight excluding hydrogens is 407 g/mol. The van der Waals surface area contributed by atoms with E-state index in [2.05, 4.69) is 16.0 Å². The molecular formula is C18H16F3N5O2S. The number of hydrogen-bond acceptors (Lipinski definition) is 5. The first-order chi connectivity index (χ1) is 13.5. The number of sulfonamides is 1. The number of nitrogens with zero attached hydrogens (tertiary/aromatic N) is 4. The first-order valence-corrected chi connectivity index (χ1v) is 9.84. The molecule has 0 aliphatic rings. The fourth-order valence-electron chi connectivity index (χ4n) is 2.87. The Morgan fingerprint density at radius 3 is 2.48 bits per heavy atom. The first kappa shape index (κ1) is 20.8. The molecule has 1 N–H and O–H groups in total. The lowest BCUT2D eigenvalue weighted by Gasteiger charge is -2.17. The number of rotatable bonds is 4. The van der Waals surface area contributed by atoms with Gasteiger partial charge in [-0.2, -0.15) is 23.2 Å². The van der Waals surface area contributed by atoms with E-state index in [-0.39, 0.29) is 0 Å². The van der Waals surface area contributed by atoms with Gasteiger partial charge in [0.1, 0.15) is 22.7 Å². The maximum absolute atomic E-state index is 12.7. The summed E-state index contributed by atoms with van der Waals surface area (Å²) in [6.45, 7) is 2.55. The zero-order valence-electron chi connectivity index (χ0n) is 15.6. The van der Waals surface area contributed by atoms with Crippen molar-refractivity contribution in [2.75, 3.05) is 0 Å². The summed E-state index contributed by atoms with van der Waals surface area (Å²) in [4.78, 5) is 7.98. The van der Waals surface area contributed by atoms with Crippen molar-refractivity contribution in [3.05, 3.63) is 41.7 Å². The summed E-state index contributed by atoms with van der Waals surface area (Å²) in [6.07, 6.45) is -2.10. The monoisotopic (exact) mass is 423 g/mol. The second-order valence-electron chi connectivity index (χ2n) is 6.54. The van der Waals surface area contributed by atoms with E-state index in [9.17, 15) is 26.9 Å². The van der Waals surface area contributed by atoms with E-state index in [1.165, 1.54) is 6.07 Å². The quantitative estimate of drug-likeness (QED) is 0.695. The molecule has 11 heteroatoms. The smallest absolute Gasteiger partial charge is 0.326 e. The van der Waals surface area contributed by atoms with Crippen molar-refractivity contribution in [3.63, 3.8) is 0 Å². The van der Waals surface area contributed by atoms with Crippen molar-refractivity contribution >= 4 is 21.1 Å². The van der Waals surface area contributed by atoms with E-state index in [1.54, 1.807) is 22.5 Å². The van der Waals surface area contributed by atoms with Crippen molar-refractivity contribution in [1.82, 2.24) is 19.3 Å². The van der Waals surface area contributed by atoms with Gasteiger partial charge >= 0.3 is 6.18 Å². The van der Waals surface area contributed by atoms with Gasteiger partial charge in [0.25, 0.3) is 0 Å². The van der Waals surface area contributed by atoms with Crippen LogP contribution in [0.4, 0.5) is 13.2 Å². The highest BCUT2D eigenvalue weighted by molar-refractivity contribution is 7.89. The molecule has 0 amide bonds. The summed E-state index contributed by atoms with van der Waals surface area (Å²) in [5.74, 6) is 0. The lowest BCUT2D eigenvalue weighted by atomic mass is 10.1. The van der Waals surface area contributed by atoms with Gasteiger partial charge in [0.05, 0.1) is 17.0 Å². The second kappa shape index (κ2) is 7.13. The van der Waals surface area contributed by atoms with Crippen molar-refractivity contribution in [2.24, 2.45) is 7.05 Å². The standard InChI is InChI=1S/C18H16F3N5O2S/c1-10-6-13-14(7-22)16(26(3)17(13)24-8-10)15-5-4-12(9-23-15)29(27,28)25-11(2)18(19,20)21/h4-6,8-9,11,25H,1-3H3. The molecule has 0 aromatic carbocycles. The van der Waals surface area contributed by atoms with E-state index >= 15 is 0 Å². The van der Waals surface area contributed by atoms with Crippen LogP contribution < -0.4 is 4.72 Å². The van der Waals surface area contributed by atoms with Gasteiger partial charge in [-0.1, -0.05) is 0 Å². The summed E-state index contributed by atoms with van der Waals surface area (Å²) < 4.78 is 65.6. The number of pyridine rings is 2. The van der Waals surface area contributed by atoms with E-state index < -0.39 is 27.1 Å². The van der Waals surface area contributed by atoms with Crippen molar-refractivity contribution in [3.8, 4) is 17.5 Å². The van der Waals surface area contributed by atoms with E-state index in [4.69, 9.17) is 0 Å². The highest BCUT2D eigenvalue weighted by Crippen LogP contribution is 2.31. The lowest BCUT2D eigenvalue weighted by Crippen LogP contribution is -2.42. The van der Waals surface area contributed by atoms with Gasteiger partial charge in [0.15, 0.2) is 0 Å². The van der Waals surface area contributed by atoms with Gasteiger partial charge in [0.2, 0.25) is 10.0 Å². The largest absolute Gasteiger partial charge is 0.404 e. The van der Waals surface area contributed by atoms with Crippen LogP contribution in [0, 0.1) is 18.3 Å². The highest BCUT2D eigenvalue weighted by Gasteiger charge is 2.39. The average Bonchev–Trinajstić information content (AvgIpc) is 2.91. The van der Waals surface area contributed by atoms with Crippen molar-refractivity contribution < 1.29 is 21.6 Å². The molecule has 0 saturated carbocycles. The van der Waals surface area contributed by atoms with Crippen LogP contribution in [0.1, 0.15) is 18.1 Å². The Balaban J connectivity index is 2.04. The minimum atomic E-state index is -4.71. The average molecular weight is 423 g/mol. The highest BCUT2D eigenvalue weighted by atomic mass is 32.2. The predicted octanol–water partition coefficient (Wildman–Crippen LogP) is 3.04. The van der Waals surface area contributed by atoms with E-state index in [0.717, 1.165) is 17.8 Å². The van der Waals surface area contributed by atoms with E-state index in [1.807, 2.05) is 13.0 Å². The third kappa shape index (κ3) is 3.81. The summed E-state index contributed by atoms with van der Waals surface area (Å²) in [5, 5.41) is 10.2. The van der Waals surface area contributed by atoms with Gasteiger partial charge in [-0.05, 0) is 37.6 Å². The number of alkyl halides is 3. The molecule has 3 heterocycles. The zero-order valence-corrected chi connectivity index (χ0v) is 16.4. The number of fused-ring (bicyclic) bond motifs is 1. The third-order valence-electron chi connectivity index (χ3n) is 4.39. The van der Waals surface area contributed by atoms with Crippen molar-refractivity contribution in [1.29, 1.82) is 5.26 Å². The second-order valence-corrected chi connectivity index (χ2v) is 8.26. The Labute approximate surface area is 164 Å². The molecule has 3 rings (SSSR count). The topological polar surface area (TPSA) is 101 Å². The fraction of sp³-hybridized carbons (Fsp3) is 0.278. The molecule has 0 saturated heterocycles. The summed E-state index contributed by atoms with van der Waals surface area (Å²) in [6, 6.07) is 4.17. The molecule has 0 radical (unpaired) electrons. The Morgan fingerprint density at radius 1 is 1.24 bits per heavy atom. The van der Waals surface area contributed by atoms with Crippen LogP contribution in [-0.4, -0.2) is 35.2 Å². The molecule has 1 atom stereocenters. The SMILES string of the molecule is Cc1cnc2c(c1)c(C#N)c(-c1ccc(S(=O)(=O)NC(C)C(F)(F)F)cn1)n2C. The summed E-state index contributed by atoms with van der Waals surface area (Å²) in [5.41, 5.74) is 2.47. The summed E-state index contributed by atoms with van der Waals surface area (Å²) >= 11 is 0. The van der Waals surface area contributed by atoms with Crippen LogP contribution in [0.25, 0.3) is 22.4 Å². The molecule has 29 heavy (non-hydrogen) atoms. The van der Waals surface area contributed by atoms with Gasteiger partial charge in [-0.25, -0.2) is 13.4 Å². The van der Waals surface area contributed by atoms with Gasteiger partial charge in [-0.15, -0.1) is 0 Å². The third-order valence-corrected chi connectivity index (χ3v) is 5.91. The van der Waals surface area contributed by atoms with Crippen LogP contribution in [0.3, 0.4) is 0 Å². The van der Waals surface area contributed by atoms with Crippen LogP contribution >= 0.6 is 0 Å². The van der Waals surface area contributed by atoms with Crippen LogP contribution in [0.5, 0.6) is 0 Å².